The maximum atomic E-state index is 14.0. The summed E-state index contributed by atoms with van der Waals surface area (Å²) in [5, 5.41) is 2.55. The van der Waals surface area contributed by atoms with Gasteiger partial charge in [-0.25, -0.2) is 4.79 Å². The number of amides is 1. The standard InChI is InChI=1S/C41H55NO4Si/c1-39(2,3)46-38(43)42-35(32-44-31-33-19-10-7-11-20-33)27-29-41(42)28-17-16-21-34(41)22-18-30-45-47(40(4,5)6,36-23-12-8-13-24-36)37-25-14-9-15-26-37/h7-15,17,19-20,23-26,28,34-35H,16,18,21-22,27,29-32H2,1-6H3/t34-,35-,41+/m0/s1. The summed E-state index contributed by atoms with van der Waals surface area (Å²) in [4.78, 5) is 16.1. The van der Waals surface area contributed by atoms with Crippen molar-refractivity contribution in [3.63, 3.8) is 0 Å². The molecule has 6 heteroatoms. The van der Waals surface area contributed by atoms with Crippen LogP contribution in [-0.2, 0) is 20.5 Å². The molecule has 1 spiro atoms. The van der Waals surface area contributed by atoms with Gasteiger partial charge >= 0.3 is 6.09 Å². The van der Waals surface area contributed by atoms with Gasteiger partial charge in [-0.15, -0.1) is 0 Å². The molecule has 5 nitrogen and oxygen atoms in total. The van der Waals surface area contributed by atoms with E-state index in [1.54, 1.807) is 0 Å². The molecular weight excluding hydrogens is 599 g/mol. The number of carbonyl (C=O) groups is 1. The van der Waals surface area contributed by atoms with Crippen molar-refractivity contribution in [3.8, 4) is 0 Å². The Kier molecular flexibility index (Phi) is 11.2. The first-order valence-corrected chi connectivity index (χ1v) is 19.4. The van der Waals surface area contributed by atoms with Crippen LogP contribution >= 0.6 is 0 Å². The van der Waals surface area contributed by atoms with Crippen LogP contribution in [0.1, 0.15) is 85.6 Å². The Bertz CT molecular complexity index is 1410. The maximum absolute atomic E-state index is 14.0. The smallest absolute Gasteiger partial charge is 0.411 e. The van der Waals surface area contributed by atoms with Crippen molar-refractivity contribution in [1.82, 2.24) is 4.90 Å². The van der Waals surface area contributed by atoms with Crippen LogP contribution in [0.4, 0.5) is 4.79 Å². The normalized spacial score (nSPS) is 21.7. The van der Waals surface area contributed by atoms with Gasteiger partial charge in [0, 0.05) is 6.61 Å². The van der Waals surface area contributed by atoms with Crippen LogP contribution in [0.15, 0.2) is 103 Å². The van der Waals surface area contributed by atoms with E-state index in [-0.39, 0.29) is 22.7 Å². The lowest BCUT2D eigenvalue weighted by atomic mass is 9.73. The van der Waals surface area contributed by atoms with Crippen molar-refractivity contribution in [1.29, 1.82) is 0 Å². The van der Waals surface area contributed by atoms with Gasteiger partial charge in [-0.1, -0.05) is 124 Å². The minimum atomic E-state index is -2.60. The quantitative estimate of drug-likeness (QED) is 0.118. The number of hydrogen-bond donors (Lipinski definition) is 0. The van der Waals surface area contributed by atoms with Gasteiger partial charge < -0.3 is 13.9 Å². The summed E-state index contributed by atoms with van der Waals surface area (Å²) >= 11 is 0. The topological polar surface area (TPSA) is 48.0 Å². The average molecular weight is 654 g/mol. The highest BCUT2D eigenvalue weighted by molar-refractivity contribution is 6.99. The summed E-state index contributed by atoms with van der Waals surface area (Å²) in [7, 11) is -2.60. The van der Waals surface area contributed by atoms with Crippen molar-refractivity contribution in [2.24, 2.45) is 5.92 Å². The summed E-state index contributed by atoms with van der Waals surface area (Å²) in [6.07, 6.45) is 10.2. The first-order chi connectivity index (χ1) is 22.5. The summed E-state index contributed by atoms with van der Waals surface area (Å²) < 4.78 is 19.6. The lowest BCUT2D eigenvalue weighted by Crippen LogP contribution is -2.66. The van der Waals surface area contributed by atoms with E-state index >= 15 is 0 Å². The van der Waals surface area contributed by atoms with Gasteiger partial charge in [0.2, 0.25) is 0 Å². The Hall–Kier alpha value is -3.19. The zero-order valence-electron chi connectivity index (χ0n) is 29.4. The van der Waals surface area contributed by atoms with E-state index in [0.29, 0.717) is 25.7 Å². The zero-order valence-corrected chi connectivity index (χ0v) is 30.4. The summed E-state index contributed by atoms with van der Waals surface area (Å²) in [6, 6.07) is 31.9. The maximum Gasteiger partial charge on any atom is 0.411 e. The van der Waals surface area contributed by atoms with Gasteiger partial charge in [0.05, 0.1) is 24.8 Å². The van der Waals surface area contributed by atoms with Crippen LogP contribution < -0.4 is 10.4 Å². The Morgan fingerprint density at radius 2 is 1.45 bits per heavy atom. The highest BCUT2D eigenvalue weighted by Gasteiger charge is 2.54. The second-order valence-corrected chi connectivity index (χ2v) is 19.7. The van der Waals surface area contributed by atoms with Gasteiger partial charge in [0.25, 0.3) is 8.32 Å². The van der Waals surface area contributed by atoms with Crippen LogP contribution in [0.5, 0.6) is 0 Å². The molecule has 0 saturated carbocycles. The predicted molar refractivity (Wildman–Crippen MR) is 195 cm³/mol. The number of rotatable bonds is 11. The van der Waals surface area contributed by atoms with Gasteiger partial charge in [-0.05, 0) is 86.2 Å². The van der Waals surface area contributed by atoms with E-state index in [1.165, 1.54) is 10.4 Å². The minimum absolute atomic E-state index is 0.0350. The molecule has 0 unspecified atom stereocenters. The molecule has 1 amide bonds. The van der Waals surface area contributed by atoms with Crippen molar-refractivity contribution >= 4 is 24.8 Å². The molecule has 5 rings (SSSR count). The van der Waals surface area contributed by atoms with Crippen LogP contribution in [0.3, 0.4) is 0 Å². The lowest BCUT2D eigenvalue weighted by molar-refractivity contribution is -0.0226. The average Bonchev–Trinajstić information content (AvgIpc) is 3.40. The molecule has 0 aromatic heterocycles. The van der Waals surface area contributed by atoms with Crippen LogP contribution in [-0.4, -0.2) is 49.7 Å². The molecule has 0 bridgehead atoms. The second-order valence-electron chi connectivity index (χ2n) is 15.4. The molecule has 1 heterocycles. The fraction of sp³-hybridized carbons (Fsp3) is 0.488. The molecule has 1 fully saturated rings. The van der Waals surface area contributed by atoms with Gasteiger partial charge in [0.15, 0.2) is 0 Å². The van der Waals surface area contributed by atoms with Crippen LogP contribution in [0.25, 0.3) is 0 Å². The van der Waals surface area contributed by atoms with Crippen molar-refractivity contribution in [3.05, 3.63) is 109 Å². The summed E-state index contributed by atoms with van der Waals surface area (Å²) in [5.74, 6) is 0.321. The van der Waals surface area contributed by atoms with Gasteiger partial charge in [0.1, 0.15) is 5.60 Å². The third kappa shape index (κ3) is 7.93. The number of nitrogens with zero attached hydrogens (tertiary/aromatic N) is 1. The van der Waals surface area contributed by atoms with Crippen LogP contribution in [0, 0.1) is 5.92 Å². The molecule has 0 N–H and O–H groups in total. The van der Waals surface area contributed by atoms with Gasteiger partial charge in [-0.2, -0.15) is 0 Å². The Balaban J connectivity index is 1.35. The van der Waals surface area contributed by atoms with Gasteiger partial charge in [-0.3, -0.25) is 4.90 Å². The highest BCUT2D eigenvalue weighted by atomic mass is 28.4. The summed E-state index contributed by atoms with van der Waals surface area (Å²) in [6.45, 7) is 14.5. The molecule has 1 aliphatic carbocycles. The molecule has 47 heavy (non-hydrogen) atoms. The van der Waals surface area contributed by atoms with E-state index < -0.39 is 13.9 Å². The fourth-order valence-electron chi connectivity index (χ4n) is 7.91. The highest BCUT2D eigenvalue weighted by Crippen LogP contribution is 2.47. The molecule has 2 aliphatic rings. The number of likely N-dealkylation sites (tertiary alicyclic amines) is 1. The zero-order chi connectivity index (χ0) is 33.5. The molecule has 1 saturated heterocycles. The minimum Gasteiger partial charge on any atom is -0.444 e. The van der Waals surface area contributed by atoms with Crippen LogP contribution in [0.2, 0.25) is 5.04 Å². The van der Waals surface area contributed by atoms with Crippen molar-refractivity contribution in [2.45, 2.75) is 109 Å². The first-order valence-electron chi connectivity index (χ1n) is 17.5. The van der Waals surface area contributed by atoms with Crippen molar-refractivity contribution in [2.75, 3.05) is 13.2 Å². The predicted octanol–water partition coefficient (Wildman–Crippen LogP) is 8.66. The number of carbonyl (C=O) groups excluding carboxylic acids is 1. The third-order valence-corrected chi connectivity index (χ3v) is 15.0. The Labute approximate surface area is 284 Å². The van der Waals surface area contributed by atoms with E-state index in [4.69, 9.17) is 13.9 Å². The Morgan fingerprint density at radius 1 is 0.851 bits per heavy atom. The number of benzene rings is 3. The third-order valence-electron chi connectivity index (χ3n) is 9.93. The molecule has 252 valence electrons. The molecular formula is C41H55NO4Si. The Morgan fingerprint density at radius 3 is 2.02 bits per heavy atom. The fourth-order valence-corrected chi connectivity index (χ4v) is 12.5. The molecule has 3 aromatic carbocycles. The number of hydrogen-bond acceptors (Lipinski definition) is 4. The van der Waals surface area contributed by atoms with E-state index in [9.17, 15) is 4.79 Å². The number of ether oxygens (including phenoxy) is 2. The molecule has 1 aliphatic heterocycles. The first kappa shape index (κ1) is 35.1. The monoisotopic (exact) mass is 653 g/mol. The molecule has 3 atom stereocenters. The lowest BCUT2D eigenvalue weighted by Gasteiger charge is -2.47. The second kappa shape index (κ2) is 14.9. The van der Waals surface area contributed by atoms with E-state index in [0.717, 1.165) is 44.1 Å². The molecule has 0 radical (unpaired) electrons. The SMILES string of the molecule is CC(C)(C)OC(=O)N1[C@H](COCc2ccccc2)CC[C@@]12C=CCC[C@H]2CCCO[Si](c1ccccc1)(c1ccccc1)C(C)(C)C. The van der Waals surface area contributed by atoms with E-state index in [2.05, 4.69) is 111 Å². The summed E-state index contributed by atoms with van der Waals surface area (Å²) in [5.41, 5.74) is 0.187. The van der Waals surface area contributed by atoms with E-state index in [1.807, 2.05) is 39.0 Å². The number of allylic oxidation sites excluding steroid dienone is 1. The molecule has 3 aromatic rings. The largest absolute Gasteiger partial charge is 0.444 e. The van der Waals surface area contributed by atoms with Crippen molar-refractivity contribution < 1.29 is 18.7 Å².